The number of benzene rings is 2. The predicted molar refractivity (Wildman–Crippen MR) is 124 cm³/mol. The molecular formula is C22H23N3O6S2. The van der Waals surface area contributed by atoms with Crippen LogP contribution in [0, 0.1) is 0 Å². The predicted octanol–water partition coefficient (Wildman–Crippen LogP) is 2.36. The summed E-state index contributed by atoms with van der Waals surface area (Å²) in [5.41, 5.74) is 5.04. The second kappa shape index (κ2) is 10.9. The summed E-state index contributed by atoms with van der Waals surface area (Å²) in [7, 11) is -0.768. The van der Waals surface area contributed by atoms with Gasteiger partial charge in [0.05, 0.1) is 19.1 Å². The molecule has 0 spiro atoms. The van der Waals surface area contributed by atoms with Crippen LogP contribution in [0.15, 0.2) is 64.9 Å². The van der Waals surface area contributed by atoms with Crippen LogP contribution in [0.4, 0.5) is 0 Å². The van der Waals surface area contributed by atoms with Crippen molar-refractivity contribution in [2.24, 2.45) is 0 Å². The Morgan fingerprint density at radius 3 is 2.12 bits per heavy atom. The number of carbonyl (C=O) groups excluding carboxylic acids is 2. The number of hydrogen-bond acceptors (Lipinski definition) is 7. The Hall–Kier alpha value is -3.41. The zero-order valence-electron chi connectivity index (χ0n) is 18.0. The second-order valence-corrected chi connectivity index (χ2v) is 9.53. The number of sulfonamides is 1. The molecule has 174 valence electrons. The highest BCUT2D eigenvalue weighted by atomic mass is 32.2. The maximum atomic E-state index is 12.4. The number of carbonyl (C=O) groups is 2. The molecule has 3 aromatic rings. The van der Waals surface area contributed by atoms with Crippen LogP contribution in [0.25, 0.3) is 0 Å². The van der Waals surface area contributed by atoms with Crippen molar-refractivity contribution in [3.63, 3.8) is 0 Å². The Morgan fingerprint density at radius 1 is 0.879 bits per heavy atom. The Morgan fingerprint density at radius 2 is 1.52 bits per heavy atom. The maximum absolute atomic E-state index is 12.4. The quantitative estimate of drug-likeness (QED) is 0.397. The molecule has 0 bridgehead atoms. The van der Waals surface area contributed by atoms with Crippen LogP contribution >= 0.6 is 11.3 Å². The van der Waals surface area contributed by atoms with Gasteiger partial charge in [0, 0.05) is 22.5 Å². The molecule has 33 heavy (non-hydrogen) atoms. The molecular weight excluding hydrogens is 466 g/mol. The minimum Gasteiger partial charge on any atom is -0.493 e. The van der Waals surface area contributed by atoms with E-state index in [1.165, 1.54) is 50.6 Å². The number of thiophene rings is 1. The number of ether oxygens (including phenoxy) is 2. The Kier molecular flexibility index (Phi) is 8.04. The summed E-state index contributed by atoms with van der Waals surface area (Å²) in [5.74, 6) is -0.316. The van der Waals surface area contributed by atoms with Crippen molar-refractivity contribution < 1.29 is 27.5 Å². The molecule has 0 saturated carbocycles. The molecule has 1 heterocycles. The van der Waals surface area contributed by atoms with Gasteiger partial charge in [0.2, 0.25) is 10.0 Å². The van der Waals surface area contributed by atoms with Crippen molar-refractivity contribution in [1.29, 1.82) is 0 Å². The summed E-state index contributed by atoms with van der Waals surface area (Å²) in [6.45, 7) is 0.271. The van der Waals surface area contributed by atoms with Gasteiger partial charge >= 0.3 is 0 Å². The molecule has 3 rings (SSSR count). The van der Waals surface area contributed by atoms with E-state index < -0.39 is 21.8 Å². The molecule has 2 amide bonds. The van der Waals surface area contributed by atoms with Crippen LogP contribution in [0.1, 0.15) is 25.6 Å². The van der Waals surface area contributed by atoms with Gasteiger partial charge in [0.15, 0.2) is 11.5 Å². The van der Waals surface area contributed by atoms with E-state index in [-0.39, 0.29) is 22.6 Å². The second-order valence-electron chi connectivity index (χ2n) is 6.73. The zero-order valence-corrected chi connectivity index (χ0v) is 19.6. The molecule has 0 aliphatic heterocycles. The highest BCUT2D eigenvalue weighted by Gasteiger charge is 2.16. The lowest BCUT2D eigenvalue weighted by Gasteiger charge is -2.11. The van der Waals surface area contributed by atoms with Gasteiger partial charge in [-0.05, 0) is 60.3 Å². The van der Waals surface area contributed by atoms with Crippen LogP contribution < -0.4 is 25.0 Å². The third kappa shape index (κ3) is 6.31. The molecule has 9 nitrogen and oxygen atoms in total. The minimum absolute atomic E-state index is 0.0413. The molecule has 1 aromatic heterocycles. The van der Waals surface area contributed by atoms with E-state index in [4.69, 9.17) is 9.47 Å². The first-order chi connectivity index (χ1) is 15.8. The van der Waals surface area contributed by atoms with Crippen molar-refractivity contribution in [1.82, 2.24) is 15.6 Å². The van der Waals surface area contributed by atoms with Crippen molar-refractivity contribution >= 4 is 33.2 Å². The molecule has 0 radical (unpaired) electrons. The molecule has 2 aromatic carbocycles. The van der Waals surface area contributed by atoms with Gasteiger partial charge in [0.1, 0.15) is 0 Å². The first kappa shape index (κ1) is 24.2. The van der Waals surface area contributed by atoms with Gasteiger partial charge in [-0.3, -0.25) is 20.4 Å². The Bertz CT molecular complexity index is 1210. The number of hydrogen-bond donors (Lipinski definition) is 3. The van der Waals surface area contributed by atoms with Crippen molar-refractivity contribution in [3.8, 4) is 11.5 Å². The van der Waals surface area contributed by atoms with Gasteiger partial charge in [-0.25, -0.2) is 13.1 Å². The molecule has 11 heteroatoms. The lowest BCUT2D eigenvalue weighted by molar-refractivity contribution is 0.0846. The van der Waals surface area contributed by atoms with Crippen LogP contribution in [-0.4, -0.2) is 41.0 Å². The van der Waals surface area contributed by atoms with Gasteiger partial charge in [-0.2, -0.15) is 0 Å². The first-order valence-corrected chi connectivity index (χ1v) is 12.1. The monoisotopic (exact) mass is 489 g/mol. The summed E-state index contributed by atoms with van der Waals surface area (Å²) in [6, 6.07) is 13.8. The average Bonchev–Trinajstić information content (AvgIpc) is 3.35. The number of amides is 2. The fourth-order valence-electron chi connectivity index (χ4n) is 2.87. The van der Waals surface area contributed by atoms with Crippen molar-refractivity contribution in [3.05, 3.63) is 76.0 Å². The molecule has 0 atom stereocenters. The number of hydrazine groups is 1. The van der Waals surface area contributed by atoms with E-state index in [0.29, 0.717) is 17.9 Å². The Balaban J connectivity index is 1.55. The van der Waals surface area contributed by atoms with Gasteiger partial charge in [0.25, 0.3) is 11.8 Å². The lowest BCUT2D eigenvalue weighted by atomic mass is 10.2. The molecule has 0 saturated heterocycles. The minimum atomic E-state index is -3.70. The summed E-state index contributed by atoms with van der Waals surface area (Å²) in [4.78, 5) is 25.8. The normalized spacial score (nSPS) is 11.0. The number of nitrogens with one attached hydrogen (secondary N) is 3. The average molecular weight is 490 g/mol. The highest BCUT2D eigenvalue weighted by molar-refractivity contribution is 7.89. The van der Waals surface area contributed by atoms with E-state index >= 15 is 0 Å². The van der Waals surface area contributed by atoms with Gasteiger partial charge in [-0.1, -0.05) is 6.07 Å². The summed E-state index contributed by atoms with van der Waals surface area (Å²) in [5, 5.41) is 1.93. The number of methoxy groups -OCH3 is 2. The van der Waals surface area contributed by atoms with Crippen LogP contribution in [-0.2, 0) is 16.4 Å². The van der Waals surface area contributed by atoms with Gasteiger partial charge in [-0.15, -0.1) is 11.3 Å². The van der Waals surface area contributed by atoms with Crippen molar-refractivity contribution in [2.45, 2.75) is 11.3 Å². The van der Waals surface area contributed by atoms with Gasteiger partial charge < -0.3 is 9.47 Å². The zero-order chi connectivity index (χ0) is 23.8. The number of rotatable bonds is 9. The fourth-order valence-corrected chi connectivity index (χ4v) is 4.61. The highest BCUT2D eigenvalue weighted by Crippen LogP contribution is 2.27. The van der Waals surface area contributed by atoms with Crippen molar-refractivity contribution in [2.75, 3.05) is 20.8 Å². The SMILES string of the molecule is COc1ccc(C(=O)NNC(=O)c2ccc(S(=O)(=O)NCCc3cccs3)cc2)cc1OC. The van der Waals surface area contributed by atoms with E-state index in [0.717, 1.165) is 4.88 Å². The molecule has 0 fully saturated rings. The fraction of sp³-hybridized carbons (Fsp3) is 0.182. The summed E-state index contributed by atoms with van der Waals surface area (Å²) < 4.78 is 37.7. The molecule has 0 aliphatic carbocycles. The first-order valence-electron chi connectivity index (χ1n) is 9.79. The van der Waals surface area contributed by atoms with E-state index in [2.05, 4.69) is 15.6 Å². The standard InChI is InChI=1S/C22H23N3O6S2/c1-30-19-10-7-16(14-20(19)31-2)22(27)25-24-21(26)15-5-8-18(9-6-15)33(28,29)23-12-11-17-4-3-13-32-17/h3-10,13-14,23H,11-12H2,1-2H3,(H,24,26)(H,25,27). The third-order valence-corrected chi connectivity index (χ3v) is 7.02. The third-order valence-electron chi connectivity index (χ3n) is 4.61. The lowest BCUT2D eigenvalue weighted by Crippen LogP contribution is -2.41. The van der Waals surface area contributed by atoms with Crippen LogP contribution in [0.5, 0.6) is 11.5 Å². The largest absolute Gasteiger partial charge is 0.493 e. The van der Waals surface area contributed by atoms with Crippen LogP contribution in [0.2, 0.25) is 0 Å². The molecule has 3 N–H and O–H groups in total. The topological polar surface area (TPSA) is 123 Å². The summed E-state index contributed by atoms with van der Waals surface area (Å²) in [6.07, 6.45) is 0.594. The van der Waals surface area contributed by atoms with E-state index in [9.17, 15) is 18.0 Å². The van der Waals surface area contributed by atoms with E-state index in [1.807, 2.05) is 17.5 Å². The summed E-state index contributed by atoms with van der Waals surface area (Å²) >= 11 is 1.56. The smallest absolute Gasteiger partial charge is 0.269 e. The molecule has 0 unspecified atom stereocenters. The van der Waals surface area contributed by atoms with Crippen LogP contribution in [0.3, 0.4) is 0 Å². The Labute approximate surface area is 195 Å². The molecule has 0 aliphatic rings. The maximum Gasteiger partial charge on any atom is 0.269 e. The van der Waals surface area contributed by atoms with E-state index in [1.54, 1.807) is 17.4 Å².